The highest BCUT2D eigenvalue weighted by Crippen LogP contribution is 2.49. The maximum absolute atomic E-state index is 14.3. The van der Waals surface area contributed by atoms with Crippen LogP contribution in [0, 0.1) is 17.8 Å². The molecule has 42 heavy (non-hydrogen) atoms. The zero-order valence-corrected chi connectivity index (χ0v) is 25.1. The van der Waals surface area contributed by atoms with E-state index in [1.165, 1.54) is 18.5 Å². The van der Waals surface area contributed by atoms with Gasteiger partial charge >= 0.3 is 0 Å². The maximum Gasteiger partial charge on any atom is 0.184 e. The number of anilines is 1. The van der Waals surface area contributed by atoms with Crippen molar-refractivity contribution in [2.45, 2.75) is 83.0 Å². The monoisotopic (exact) mass is 581 g/mol. The van der Waals surface area contributed by atoms with Crippen molar-refractivity contribution >= 4 is 39.2 Å². The quantitative estimate of drug-likeness (QED) is 0.268. The summed E-state index contributed by atoms with van der Waals surface area (Å²) >= 11 is -1.22. The van der Waals surface area contributed by atoms with E-state index in [-0.39, 0.29) is 12.5 Å². The molecule has 3 aromatic carbocycles. The molecule has 9 unspecified atom stereocenters. The second kappa shape index (κ2) is 9.71. The second-order valence-corrected chi connectivity index (χ2v) is 14.7. The van der Waals surface area contributed by atoms with Crippen molar-refractivity contribution in [3.63, 3.8) is 0 Å². The topological polar surface area (TPSA) is 70.0 Å². The zero-order chi connectivity index (χ0) is 28.1. The van der Waals surface area contributed by atoms with Crippen LogP contribution < -0.4 is 15.6 Å². The van der Waals surface area contributed by atoms with Crippen LogP contribution in [0.4, 0.5) is 5.69 Å². The molecule has 4 heterocycles. The van der Waals surface area contributed by atoms with Gasteiger partial charge in [0, 0.05) is 40.0 Å². The van der Waals surface area contributed by atoms with Crippen LogP contribution in [0.15, 0.2) is 71.1 Å². The normalized spacial score (nSPS) is 36.6. The lowest BCUT2D eigenvalue weighted by Crippen LogP contribution is -2.71. The van der Waals surface area contributed by atoms with E-state index in [1.807, 2.05) is 12.1 Å². The van der Waals surface area contributed by atoms with E-state index in [1.54, 1.807) is 0 Å². The Hall–Kier alpha value is -2.59. The van der Waals surface area contributed by atoms with Crippen molar-refractivity contribution in [3.05, 3.63) is 66.7 Å². The number of hydrogen-bond donors (Lipinski definition) is 2. The molecule has 2 aliphatic carbocycles. The van der Waals surface area contributed by atoms with Gasteiger partial charge in [-0.15, -0.1) is 0 Å². The van der Waals surface area contributed by atoms with E-state index >= 15 is 0 Å². The molecule has 2 N–H and O–H groups in total. The van der Waals surface area contributed by atoms with Gasteiger partial charge in [-0.05, 0) is 65.7 Å². The lowest BCUT2D eigenvalue weighted by Gasteiger charge is -2.49. The van der Waals surface area contributed by atoms with Gasteiger partial charge in [0.25, 0.3) is 0 Å². The Balaban J connectivity index is 1.12. The molecule has 0 amide bonds. The van der Waals surface area contributed by atoms with E-state index in [0.717, 1.165) is 58.7 Å². The zero-order valence-electron chi connectivity index (χ0n) is 24.3. The summed E-state index contributed by atoms with van der Waals surface area (Å²) in [5.74, 6) is 1.76. The first-order valence-corrected chi connectivity index (χ1v) is 16.9. The van der Waals surface area contributed by atoms with Crippen LogP contribution in [0.1, 0.15) is 52.4 Å². The van der Waals surface area contributed by atoms with Crippen LogP contribution >= 0.6 is 0 Å². The van der Waals surface area contributed by atoms with E-state index < -0.39 is 11.5 Å². The number of benzene rings is 3. The van der Waals surface area contributed by atoms with Crippen LogP contribution in [0.5, 0.6) is 0 Å². The van der Waals surface area contributed by atoms with Gasteiger partial charge in [0.05, 0.1) is 6.04 Å². The number of rotatable bonds is 2. The fourth-order valence-corrected chi connectivity index (χ4v) is 10.5. The lowest BCUT2D eigenvalue weighted by molar-refractivity contribution is 0.139. The van der Waals surface area contributed by atoms with Gasteiger partial charge < -0.3 is 13.9 Å². The summed E-state index contributed by atoms with van der Waals surface area (Å²) in [6.07, 6.45) is 6.98. The molecule has 9 rings (SSSR count). The fourth-order valence-electron chi connectivity index (χ4n) is 8.77. The van der Waals surface area contributed by atoms with Gasteiger partial charge in [0.2, 0.25) is 0 Å². The van der Waals surface area contributed by atoms with Gasteiger partial charge in [-0.1, -0.05) is 79.5 Å². The molecule has 5 fully saturated rings. The Labute approximate surface area is 250 Å². The average Bonchev–Trinajstić information content (AvgIpc) is 3.70. The molecule has 0 bridgehead atoms. The van der Waals surface area contributed by atoms with Gasteiger partial charge in [0.15, 0.2) is 24.0 Å². The number of hydrogen-bond acceptors (Lipinski definition) is 7. The van der Waals surface area contributed by atoms with E-state index in [9.17, 15) is 4.55 Å². The lowest BCUT2D eigenvalue weighted by atomic mass is 9.72. The predicted molar refractivity (Wildman–Crippen MR) is 168 cm³/mol. The minimum Gasteiger partial charge on any atom is -0.577 e. The third-order valence-corrected chi connectivity index (χ3v) is 12.6. The number of nitrogens with one attached hydrogen (secondary N) is 2. The first-order chi connectivity index (χ1) is 20.6. The highest BCUT2D eigenvalue weighted by molar-refractivity contribution is 7.86. The largest absolute Gasteiger partial charge is 0.577 e. The molecule has 3 aliphatic heterocycles. The second-order valence-electron chi connectivity index (χ2n) is 13.4. The van der Waals surface area contributed by atoms with Crippen molar-refractivity contribution in [3.8, 4) is 11.1 Å². The molecule has 4 aromatic rings. The minimum absolute atomic E-state index is 0.0457. The Morgan fingerprint density at radius 2 is 1.64 bits per heavy atom. The maximum atomic E-state index is 14.3. The van der Waals surface area contributed by atoms with Gasteiger partial charge in [-0.3, -0.25) is 5.32 Å². The SMILES string of the molecule is CC1CC2NN3C(C2CC1C)N(c1ccc(-c2cccc4c2oc2ccccc24)cc1)C1NC2CCCCC2N1[S+]3[O-]. The Kier molecular flexibility index (Phi) is 5.98. The number of para-hydroxylation sites is 2. The predicted octanol–water partition coefficient (Wildman–Crippen LogP) is 6.35. The molecule has 8 heteroatoms. The van der Waals surface area contributed by atoms with Gasteiger partial charge in [-0.2, -0.15) is 0 Å². The van der Waals surface area contributed by atoms with Crippen LogP contribution in [0.25, 0.3) is 33.1 Å². The average molecular weight is 582 g/mol. The van der Waals surface area contributed by atoms with Crippen LogP contribution in [0.2, 0.25) is 0 Å². The van der Waals surface area contributed by atoms with E-state index in [0.29, 0.717) is 35.9 Å². The molecule has 7 nitrogen and oxygen atoms in total. The molecule has 3 saturated heterocycles. The molecule has 2 saturated carbocycles. The first-order valence-electron chi connectivity index (χ1n) is 15.9. The van der Waals surface area contributed by atoms with Gasteiger partial charge in [-0.25, -0.2) is 5.43 Å². The standard InChI is InChI=1S/C34H39N5O2S/c1-20-18-27-29(19-21(20)2)36-39-33(27)37(34-35-28-11-4-5-12-30(28)38(34)42(39)40)23-16-14-22(15-17-23)24-9-7-10-26-25-8-3-6-13-31(25)41-32(24)26/h3,6-10,13-17,20-21,27-30,33-36H,4-5,11-12,18-19H2,1-2H3. The van der Waals surface area contributed by atoms with Crippen LogP contribution in [-0.4, -0.2) is 43.9 Å². The minimum atomic E-state index is -1.22. The fraction of sp³-hybridized carbons (Fsp3) is 0.471. The van der Waals surface area contributed by atoms with E-state index in [4.69, 9.17) is 4.42 Å². The summed E-state index contributed by atoms with van der Waals surface area (Å²) in [6.45, 7) is 4.78. The number of hydrazine groups is 1. The summed E-state index contributed by atoms with van der Waals surface area (Å²) < 4.78 is 25.1. The van der Waals surface area contributed by atoms with Crippen LogP contribution in [-0.2, 0) is 11.5 Å². The van der Waals surface area contributed by atoms with Gasteiger partial charge in [0.1, 0.15) is 11.2 Å². The van der Waals surface area contributed by atoms with Crippen LogP contribution in [0.3, 0.4) is 0 Å². The molecule has 9 atom stereocenters. The molecule has 218 valence electrons. The van der Waals surface area contributed by atoms with E-state index in [2.05, 4.69) is 92.8 Å². The van der Waals surface area contributed by atoms with Crippen molar-refractivity contribution < 1.29 is 8.97 Å². The molecular formula is C34H39N5O2S. The Morgan fingerprint density at radius 3 is 2.52 bits per heavy atom. The summed E-state index contributed by atoms with van der Waals surface area (Å²) in [4.78, 5) is 2.56. The van der Waals surface area contributed by atoms with Crippen molar-refractivity contribution in [2.75, 3.05) is 4.90 Å². The smallest absolute Gasteiger partial charge is 0.184 e. The number of nitrogens with zero attached hydrogens (tertiary/aromatic N) is 3. The molecule has 0 radical (unpaired) electrons. The summed E-state index contributed by atoms with van der Waals surface area (Å²) in [7, 11) is 0. The summed E-state index contributed by atoms with van der Waals surface area (Å²) in [5.41, 5.74) is 9.08. The highest BCUT2D eigenvalue weighted by Gasteiger charge is 2.64. The van der Waals surface area contributed by atoms with Crippen molar-refractivity contribution in [1.82, 2.24) is 19.5 Å². The highest BCUT2D eigenvalue weighted by atomic mass is 32.2. The summed E-state index contributed by atoms with van der Waals surface area (Å²) in [5, 5.41) is 6.28. The molecular weight excluding hydrogens is 542 g/mol. The Morgan fingerprint density at radius 1 is 0.857 bits per heavy atom. The first kappa shape index (κ1) is 25.9. The Bertz CT molecular complexity index is 1640. The third kappa shape index (κ3) is 3.72. The number of fused-ring (bicyclic) bond motifs is 9. The summed E-state index contributed by atoms with van der Waals surface area (Å²) in [6, 6.07) is 24.8. The molecule has 0 spiro atoms. The van der Waals surface area contributed by atoms with Crippen molar-refractivity contribution in [1.29, 1.82) is 0 Å². The number of furan rings is 1. The molecule has 5 aliphatic rings. The third-order valence-electron chi connectivity index (χ3n) is 11.1. The molecule has 1 aromatic heterocycles. The van der Waals surface area contributed by atoms with Crippen molar-refractivity contribution in [2.24, 2.45) is 17.8 Å².